The zero-order valence-electron chi connectivity index (χ0n) is 8.57. The van der Waals surface area contributed by atoms with Crippen molar-refractivity contribution in [3.63, 3.8) is 0 Å². The van der Waals surface area contributed by atoms with Crippen molar-refractivity contribution in [3.8, 4) is 0 Å². The van der Waals surface area contributed by atoms with Crippen LogP contribution in [0.1, 0.15) is 11.1 Å². The van der Waals surface area contributed by atoms with E-state index in [-0.39, 0.29) is 21.2 Å². The molecule has 0 fully saturated rings. The van der Waals surface area contributed by atoms with Crippen LogP contribution in [0.25, 0.3) is 0 Å². The Morgan fingerprint density at radius 2 is 1.00 bits per heavy atom. The molecule has 0 saturated carbocycles. The van der Waals surface area contributed by atoms with Crippen LogP contribution in [0.3, 0.4) is 0 Å². The van der Waals surface area contributed by atoms with E-state index in [2.05, 4.69) is 60.7 Å². The van der Waals surface area contributed by atoms with Crippen molar-refractivity contribution < 1.29 is 21.2 Å². The molecule has 0 aliphatic heterocycles. The van der Waals surface area contributed by atoms with Gasteiger partial charge in [-0.1, -0.05) is 0 Å². The van der Waals surface area contributed by atoms with Crippen molar-refractivity contribution in [2.45, 2.75) is 8.86 Å². The van der Waals surface area contributed by atoms with Gasteiger partial charge in [-0.05, 0) is 0 Å². The first kappa shape index (κ1) is 10.7. The first-order chi connectivity index (χ1) is 7.45. The van der Waals surface area contributed by atoms with E-state index in [4.69, 9.17) is 0 Å². The van der Waals surface area contributed by atoms with Crippen LogP contribution in [-0.4, -0.2) is 0 Å². The summed E-state index contributed by atoms with van der Waals surface area (Å²) < 4.78 is 2.57. The van der Waals surface area contributed by atoms with E-state index in [1.807, 2.05) is 0 Å². The van der Waals surface area contributed by atoms with Crippen LogP contribution in [0.4, 0.5) is 0 Å². The molecule has 0 bridgehead atoms. The van der Waals surface area contributed by atoms with Crippen molar-refractivity contribution in [1.29, 1.82) is 0 Å². The van der Waals surface area contributed by atoms with E-state index in [0.717, 1.165) is 0 Å². The van der Waals surface area contributed by atoms with Crippen molar-refractivity contribution in [3.05, 3.63) is 71.8 Å². The Morgan fingerprint density at radius 3 is 1.40 bits per heavy atom. The second kappa shape index (κ2) is 5.91. The zero-order chi connectivity index (χ0) is 10.3. The number of benzene rings is 2. The van der Waals surface area contributed by atoms with Gasteiger partial charge in [0, 0.05) is 0 Å². The van der Waals surface area contributed by atoms with Gasteiger partial charge >= 0.3 is 102 Å². The summed E-state index contributed by atoms with van der Waals surface area (Å²) >= 11 is 0.268. The SMILES string of the molecule is c1ccc(C[I-]Cc2ccccc2)cc1. The Kier molecular flexibility index (Phi) is 4.21. The fourth-order valence-corrected chi connectivity index (χ4v) is 3.93. The first-order valence-corrected chi connectivity index (χ1v) is 8.11. The van der Waals surface area contributed by atoms with Crippen LogP contribution in [0.15, 0.2) is 60.7 Å². The van der Waals surface area contributed by atoms with Crippen LogP contribution in [0, 0.1) is 0 Å². The molecule has 0 nitrogen and oxygen atoms in total. The molecule has 0 N–H and O–H groups in total. The summed E-state index contributed by atoms with van der Waals surface area (Å²) in [5.41, 5.74) is 2.97. The third kappa shape index (κ3) is 3.67. The minimum absolute atomic E-state index is 0.268. The molecule has 0 radical (unpaired) electrons. The fraction of sp³-hybridized carbons (Fsp3) is 0.143. The van der Waals surface area contributed by atoms with E-state index >= 15 is 0 Å². The van der Waals surface area contributed by atoms with Crippen LogP contribution in [-0.2, 0) is 8.86 Å². The standard InChI is InChI=1S/C14H14I/c1-3-7-13(8-4-1)11-15-12-14-9-5-2-6-10-14/h1-10H,11-12H2/q-1. The predicted octanol–water partition coefficient (Wildman–Crippen LogP) is 0.476. The second-order valence-corrected chi connectivity index (χ2v) is 6.03. The second-order valence-electron chi connectivity index (χ2n) is 3.43. The van der Waals surface area contributed by atoms with E-state index in [0.29, 0.717) is 0 Å². The Balaban J connectivity index is 1.81. The number of halogens is 1. The molecule has 0 amide bonds. The Hall–Kier alpha value is -0.830. The van der Waals surface area contributed by atoms with Gasteiger partial charge in [-0.2, -0.15) is 0 Å². The predicted molar refractivity (Wildman–Crippen MR) is 60.3 cm³/mol. The van der Waals surface area contributed by atoms with Gasteiger partial charge in [-0.15, -0.1) is 0 Å². The van der Waals surface area contributed by atoms with Crippen molar-refractivity contribution in [1.82, 2.24) is 0 Å². The topological polar surface area (TPSA) is 0 Å². The Labute approximate surface area is 102 Å². The van der Waals surface area contributed by atoms with E-state index in [1.54, 1.807) is 0 Å². The van der Waals surface area contributed by atoms with E-state index < -0.39 is 0 Å². The summed E-state index contributed by atoms with van der Waals surface area (Å²) in [4.78, 5) is 0. The molecule has 0 aliphatic carbocycles. The zero-order valence-corrected chi connectivity index (χ0v) is 10.7. The summed E-state index contributed by atoms with van der Waals surface area (Å²) in [5, 5.41) is 0. The third-order valence-corrected chi connectivity index (χ3v) is 5.02. The molecule has 2 aromatic carbocycles. The maximum absolute atomic E-state index is 2.23. The quantitative estimate of drug-likeness (QED) is 0.569. The third-order valence-electron chi connectivity index (χ3n) is 2.18. The molecule has 15 heavy (non-hydrogen) atoms. The fourth-order valence-electron chi connectivity index (χ4n) is 1.40. The van der Waals surface area contributed by atoms with Crippen molar-refractivity contribution in [2.24, 2.45) is 0 Å². The van der Waals surface area contributed by atoms with Crippen LogP contribution < -0.4 is 21.2 Å². The van der Waals surface area contributed by atoms with Crippen LogP contribution in [0.2, 0.25) is 0 Å². The number of alkyl halides is 2. The van der Waals surface area contributed by atoms with Gasteiger partial charge < -0.3 is 0 Å². The summed E-state index contributed by atoms with van der Waals surface area (Å²) in [6.45, 7) is 0. The number of rotatable bonds is 4. The maximum atomic E-state index is 2.23. The van der Waals surface area contributed by atoms with Gasteiger partial charge in [0.05, 0.1) is 0 Å². The summed E-state index contributed by atoms with van der Waals surface area (Å²) in [7, 11) is 0. The van der Waals surface area contributed by atoms with Gasteiger partial charge in [-0.3, -0.25) is 0 Å². The molecule has 0 atom stereocenters. The van der Waals surface area contributed by atoms with Crippen molar-refractivity contribution in [2.75, 3.05) is 0 Å². The molecular weight excluding hydrogens is 295 g/mol. The Bertz CT molecular complexity index is 341. The molecule has 0 saturated heterocycles. The molecular formula is C14H14I-. The Morgan fingerprint density at radius 1 is 0.600 bits per heavy atom. The summed E-state index contributed by atoms with van der Waals surface area (Å²) in [6, 6.07) is 21.6. The molecule has 1 heteroatoms. The molecule has 78 valence electrons. The normalized spacial score (nSPS) is 10.4. The van der Waals surface area contributed by atoms with Gasteiger partial charge in [0.1, 0.15) is 0 Å². The molecule has 0 aromatic heterocycles. The van der Waals surface area contributed by atoms with Crippen molar-refractivity contribution >= 4 is 0 Å². The molecule has 2 aromatic rings. The minimum atomic E-state index is 0.268. The van der Waals surface area contributed by atoms with Gasteiger partial charge in [0.15, 0.2) is 0 Å². The van der Waals surface area contributed by atoms with E-state index in [9.17, 15) is 0 Å². The molecule has 0 heterocycles. The summed E-state index contributed by atoms with van der Waals surface area (Å²) in [5.74, 6) is 0. The van der Waals surface area contributed by atoms with E-state index in [1.165, 1.54) is 20.0 Å². The number of hydrogen-bond acceptors (Lipinski definition) is 0. The average molecular weight is 309 g/mol. The molecule has 0 unspecified atom stereocenters. The average Bonchev–Trinajstić information content (AvgIpc) is 2.32. The monoisotopic (exact) mass is 309 g/mol. The van der Waals surface area contributed by atoms with Gasteiger partial charge in [-0.25, -0.2) is 0 Å². The molecule has 0 spiro atoms. The van der Waals surface area contributed by atoms with Crippen LogP contribution >= 0.6 is 0 Å². The van der Waals surface area contributed by atoms with Crippen LogP contribution in [0.5, 0.6) is 0 Å². The molecule has 0 aliphatic rings. The van der Waals surface area contributed by atoms with Gasteiger partial charge in [0.2, 0.25) is 0 Å². The summed E-state index contributed by atoms with van der Waals surface area (Å²) in [6.07, 6.45) is 0. The van der Waals surface area contributed by atoms with Gasteiger partial charge in [0.25, 0.3) is 0 Å². The number of hydrogen-bond donors (Lipinski definition) is 0. The first-order valence-electron chi connectivity index (χ1n) is 5.06. The molecule has 2 rings (SSSR count).